The third kappa shape index (κ3) is 9.32. The first kappa shape index (κ1) is 34.8. The van der Waals surface area contributed by atoms with Crippen LogP contribution in [-0.2, 0) is 32.2 Å². The van der Waals surface area contributed by atoms with Gasteiger partial charge in [-0.25, -0.2) is 13.4 Å². The number of nitrogens with one attached hydrogen (secondary N) is 1. The van der Waals surface area contributed by atoms with Gasteiger partial charge in [0.1, 0.15) is 24.4 Å². The second kappa shape index (κ2) is 16.1. The van der Waals surface area contributed by atoms with Crippen LogP contribution in [0.15, 0.2) is 83.5 Å². The van der Waals surface area contributed by atoms with Gasteiger partial charge in [0.15, 0.2) is 15.7 Å². The van der Waals surface area contributed by atoms with Crippen molar-refractivity contribution in [1.29, 1.82) is 0 Å². The normalized spacial score (nSPS) is 13.2. The van der Waals surface area contributed by atoms with E-state index in [0.717, 1.165) is 54.1 Å². The lowest BCUT2D eigenvalue weighted by Gasteiger charge is -2.27. The quantitative estimate of drug-likeness (QED) is 0.142. The van der Waals surface area contributed by atoms with Crippen molar-refractivity contribution in [2.75, 3.05) is 43.1 Å². The van der Waals surface area contributed by atoms with Gasteiger partial charge in [-0.3, -0.25) is 9.48 Å². The van der Waals surface area contributed by atoms with E-state index in [2.05, 4.69) is 59.3 Å². The molecule has 1 amide bonds. The van der Waals surface area contributed by atoms with Crippen LogP contribution in [0.25, 0.3) is 17.2 Å². The molecule has 48 heavy (non-hydrogen) atoms. The van der Waals surface area contributed by atoms with Crippen molar-refractivity contribution in [1.82, 2.24) is 14.8 Å². The fourth-order valence-corrected chi connectivity index (χ4v) is 6.74. The number of nitrogens with zero attached hydrogens (tertiary/aromatic N) is 4. The third-order valence-electron chi connectivity index (χ3n) is 7.99. The maximum absolute atomic E-state index is 13.6. The van der Waals surface area contributed by atoms with Crippen LogP contribution >= 0.6 is 0 Å². The molecule has 254 valence electrons. The van der Waals surface area contributed by atoms with E-state index < -0.39 is 9.84 Å². The molecule has 11 heteroatoms. The minimum Gasteiger partial charge on any atom is -0.491 e. The van der Waals surface area contributed by atoms with Crippen LogP contribution in [0.3, 0.4) is 0 Å². The topological polar surface area (TPSA) is 116 Å². The molecule has 1 N–H and O–H groups in total. The first-order valence-corrected chi connectivity index (χ1v) is 18.2. The van der Waals surface area contributed by atoms with Gasteiger partial charge in [-0.2, -0.15) is 5.10 Å². The van der Waals surface area contributed by atoms with Gasteiger partial charge in [-0.1, -0.05) is 45.4 Å². The van der Waals surface area contributed by atoms with Gasteiger partial charge in [0.2, 0.25) is 0 Å². The molecule has 0 spiro atoms. The first-order valence-electron chi connectivity index (χ1n) is 16.5. The van der Waals surface area contributed by atoms with Crippen molar-refractivity contribution < 1.29 is 22.7 Å². The van der Waals surface area contributed by atoms with Crippen molar-refractivity contribution in [3.05, 3.63) is 90.0 Å². The summed E-state index contributed by atoms with van der Waals surface area (Å²) in [7, 11) is -1.95. The van der Waals surface area contributed by atoms with Gasteiger partial charge in [0.05, 0.1) is 11.5 Å². The maximum Gasteiger partial charge on any atom is 0.251 e. The van der Waals surface area contributed by atoms with Gasteiger partial charge in [-0.05, 0) is 90.1 Å². The second-order valence-corrected chi connectivity index (χ2v) is 14.4. The van der Waals surface area contributed by atoms with E-state index in [1.54, 1.807) is 19.2 Å². The third-order valence-corrected chi connectivity index (χ3v) is 9.62. The highest BCUT2D eigenvalue weighted by Gasteiger charge is 2.22. The number of amides is 1. The highest BCUT2D eigenvalue weighted by molar-refractivity contribution is 7.90. The van der Waals surface area contributed by atoms with Gasteiger partial charge in [0, 0.05) is 43.7 Å². The van der Waals surface area contributed by atoms with Crippen LogP contribution in [0, 0.1) is 5.92 Å². The van der Waals surface area contributed by atoms with Crippen molar-refractivity contribution >= 4 is 33.2 Å². The Hall–Kier alpha value is -4.48. The van der Waals surface area contributed by atoms with Crippen molar-refractivity contribution in [3.8, 4) is 16.9 Å². The van der Waals surface area contributed by atoms with E-state index in [4.69, 9.17) is 9.47 Å². The number of aryl methyl sites for hydroxylation is 1. The Labute approximate surface area is 283 Å². The summed E-state index contributed by atoms with van der Waals surface area (Å²) in [5, 5.41) is 7.04. The molecule has 1 aliphatic rings. The molecule has 5 rings (SSSR count). The molecular formula is C37H45N5O5S. The SMILES string of the molecule is CCCCOCCOc1ccc(-c2ccc3c(c2)C=C(C(=O)Nc2ccc(S(=O)(=O)Cc4ncn(C)n4)cc2)CCN3CC(C)C)cc1. The lowest BCUT2D eigenvalue weighted by atomic mass is 10.00. The molecule has 0 aliphatic carbocycles. The number of sulfone groups is 1. The number of aromatic nitrogens is 3. The molecule has 0 radical (unpaired) electrons. The summed E-state index contributed by atoms with van der Waals surface area (Å²) in [6.45, 7) is 9.94. The number of carbonyl (C=O) groups is 1. The second-order valence-electron chi connectivity index (χ2n) is 12.4. The fraction of sp³-hybridized carbons (Fsp3) is 0.378. The molecule has 0 saturated carbocycles. The largest absolute Gasteiger partial charge is 0.491 e. The Morgan fingerprint density at radius 2 is 1.73 bits per heavy atom. The average Bonchev–Trinajstić information content (AvgIpc) is 3.38. The summed E-state index contributed by atoms with van der Waals surface area (Å²) in [6.07, 6.45) is 6.18. The highest BCUT2D eigenvalue weighted by atomic mass is 32.2. The summed E-state index contributed by atoms with van der Waals surface area (Å²) in [6, 6.07) is 20.7. The van der Waals surface area contributed by atoms with Gasteiger partial charge in [-0.15, -0.1) is 0 Å². The molecule has 0 saturated heterocycles. The Balaban J connectivity index is 1.30. The molecular weight excluding hydrogens is 627 g/mol. The molecule has 1 aliphatic heterocycles. The number of hydrogen-bond acceptors (Lipinski definition) is 8. The Morgan fingerprint density at radius 3 is 2.42 bits per heavy atom. The molecule has 0 atom stereocenters. The number of fused-ring (bicyclic) bond motifs is 1. The minimum absolute atomic E-state index is 0.142. The zero-order chi connectivity index (χ0) is 34.1. The van der Waals surface area contributed by atoms with Crippen LogP contribution in [0.4, 0.5) is 11.4 Å². The zero-order valence-electron chi connectivity index (χ0n) is 28.2. The molecule has 10 nitrogen and oxygen atoms in total. The summed E-state index contributed by atoms with van der Waals surface area (Å²) >= 11 is 0. The lowest BCUT2D eigenvalue weighted by Crippen LogP contribution is -2.29. The van der Waals surface area contributed by atoms with E-state index in [0.29, 0.717) is 43.4 Å². The Bertz CT molecular complexity index is 1820. The standard InChI is InChI=1S/C37H45N5O5S/c1-5-6-19-46-20-21-47-33-12-7-28(8-13-33)29-9-16-35-31(22-29)23-30(17-18-42(35)24-27(2)3)37(43)39-32-10-14-34(15-11-32)48(44,45)25-36-38-26-41(4)40-36/h7-16,22-23,26-27H,5-6,17-21,24-25H2,1-4H3,(H,39,43). The van der Waals surface area contributed by atoms with Crippen LogP contribution in [0.5, 0.6) is 5.75 Å². The first-order chi connectivity index (χ1) is 23.1. The lowest BCUT2D eigenvalue weighted by molar-refractivity contribution is -0.112. The monoisotopic (exact) mass is 671 g/mol. The van der Waals surface area contributed by atoms with E-state index in [-0.39, 0.29) is 22.4 Å². The Kier molecular flexibility index (Phi) is 11.7. The number of ether oxygens (including phenoxy) is 2. The number of hydrogen-bond donors (Lipinski definition) is 1. The van der Waals surface area contributed by atoms with Crippen molar-refractivity contribution in [2.24, 2.45) is 13.0 Å². The molecule has 1 aromatic heterocycles. The number of carbonyl (C=O) groups excluding carboxylic acids is 1. The van der Waals surface area contributed by atoms with E-state index in [9.17, 15) is 13.2 Å². The average molecular weight is 672 g/mol. The molecule has 2 heterocycles. The van der Waals surface area contributed by atoms with E-state index in [1.807, 2.05) is 30.3 Å². The van der Waals surface area contributed by atoms with Gasteiger partial charge >= 0.3 is 0 Å². The smallest absolute Gasteiger partial charge is 0.251 e. The molecule has 4 aromatic rings. The summed E-state index contributed by atoms with van der Waals surface area (Å²) < 4.78 is 38.7. The predicted octanol–water partition coefficient (Wildman–Crippen LogP) is 6.54. The van der Waals surface area contributed by atoms with Crippen LogP contribution < -0.4 is 15.0 Å². The van der Waals surface area contributed by atoms with Crippen molar-refractivity contribution in [2.45, 2.75) is 50.7 Å². The summed E-state index contributed by atoms with van der Waals surface area (Å²) in [5.74, 6) is 0.959. The van der Waals surface area contributed by atoms with Gasteiger partial charge in [0.25, 0.3) is 5.91 Å². The Morgan fingerprint density at radius 1 is 0.979 bits per heavy atom. The number of rotatable bonds is 15. The number of unbranched alkanes of at least 4 members (excludes halogenated alkanes) is 1. The van der Waals surface area contributed by atoms with Crippen molar-refractivity contribution in [3.63, 3.8) is 0 Å². The van der Waals surface area contributed by atoms with E-state index >= 15 is 0 Å². The zero-order valence-corrected chi connectivity index (χ0v) is 29.0. The predicted molar refractivity (Wildman–Crippen MR) is 190 cm³/mol. The van der Waals surface area contributed by atoms with Crippen LogP contribution in [-0.4, -0.2) is 62.0 Å². The number of benzene rings is 3. The number of anilines is 2. The molecule has 0 unspecified atom stereocenters. The fourth-order valence-electron chi connectivity index (χ4n) is 5.55. The molecule has 0 bridgehead atoms. The summed E-state index contributed by atoms with van der Waals surface area (Å²) in [4.78, 5) is 20.1. The minimum atomic E-state index is -3.64. The van der Waals surface area contributed by atoms with E-state index in [1.165, 1.54) is 23.1 Å². The molecule has 0 fully saturated rings. The summed E-state index contributed by atoms with van der Waals surface area (Å²) in [5.41, 5.74) is 5.34. The maximum atomic E-state index is 13.6. The molecule has 3 aromatic carbocycles. The highest BCUT2D eigenvalue weighted by Crippen LogP contribution is 2.34. The van der Waals surface area contributed by atoms with Gasteiger partial charge < -0.3 is 19.7 Å². The van der Waals surface area contributed by atoms with Crippen LogP contribution in [0.1, 0.15) is 51.4 Å². The van der Waals surface area contributed by atoms with Crippen LogP contribution in [0.2, 0.25) is 0 Å².